The van der Waals surface area contributed by atoms with Crippen molar-refractivity contribution in [3.8, 4) is 0 Å². The number of anilines is 1. The standard InChI is InChI=1S/C16H20N4O4S/c1-4-23-18-15-19(3)13-6-5-11(7-14(13)25-15)20-9-12(24-16(20)22)8-17-10(2)21/h5-7,12H,4,8-9H2,1-3H3,(H,17,21). The van der Waals surface area contributed by atoms with Gasteiger partial charge >= 0.3 is 6.09 Å². The molecule has 1 N–H and O–H groups in total. The molecule has 1 aromatic carbocycles. The Morgan fingerprint density at radius 1 is 1.52 bits per heavy atom. The average Bonchev–Trinajstić information content (AvgIpc) is 3.11. The molecule has 1 saturated heterocycles. The Bertz CT molecular complexity index is 873. The van der Waals surface area contributed by atoms with Gasteiger partial charge in [0.2, 0.25) is 10.7 Å². The zero-order valence-electron chi connectivity index (χ0n) is 14.3. The first-order valence-electron chi connectivity index (χ1n) is 7.97. The van der Waals surface area contributed by atoms with Crippen molar-refractivity contribution < 1.29 is 19.2 Å². The van der Waals surface area contributed by atoms with Gasteiger partial charge in [0.1, 0.15) is 12.7 Å². The van der Waals surface area contributed by atoms with Crippen molar-refractivity contribution in [2.45, 2.75) is 20.0 Å². The van der Waals surface area contributed by atoms with Crippen LogP contribution in [0.4, 0.5) is 10.5 Å². The summed E-state index contributed by atoms with van der Waals surface area (Å²) in [5.41, 5.74) is 1.77. The molecule has 1 aliphatic rings. The topological polar surface area (TPSA) is 85.2 Å². The number of benzene rings is 1. The summed E-state index contributed by atoms with van der Waals surface area (Å²) in [6.07, 6.45) is -0.759. The SMILES string of the molecule is CCON=c1sc2cc(N3CC(CNC(C)=O)OC3=O)ccc2n1C. The maximum Gasteiger partial charge on any atom is 0.414 e. The number of thiazole rings is 1. The number of cyclic esters (lactones) is 1. The van der Waals surface area contributed by atoms with Crippen LogP contribution in [0.2, 0.25) is 0 Å². The molecule has 1 unspecified atom stereocenters. The molecule has 0 aliphatic carbocycles. The number of nitrogens with zero attached hydrogens (tertiary/aromatic N) is 3. The quantitative estimate of drug-likeness (QED) is 0.816. The Labute approximate surface area is 148 Å². The van der Waals surface area contributed by atoms with E-state index in [0.717, 1.165) is 20.7 Å². The first-order chi connectivity index (χ1) is 12.0. The highest BCUT2D eigenvalue weighted by molar-refractivity contribution is 7.16. The van der Waals surface area contributed by atoms with E-state index in [1.165, 1.54) is 18.3 Å². The van der Waals surface area contributed by atoms with Gasteiger partial charge in [-0.25, -0.2) is 4.79 Å². The maximum absolute atomic E-state index is 12.1. The molecule has 8 nitrogen and oxygen atoms in total. The van der Waals surface area contributed by atoms with Crippen LogP contribution in [0.25, 0.3) is 10.2 Å². The summed E-state index contributed by atoms with van der Waals surface area (Å²) in [4.78, 5) is 30.6. The lowest BCUT2D eigenvalue weighted by molar-refractivity contribution is -0.119. The molecule has 1 fully saturated rings. The Kier molecular flexibility index (Phi) is 4.93. The number of aryl methyl sites for hydroxylation is 1. The van der Waals surface area contributed by atoms with Crippen molar-refractivity contribution >= 4 is 39.2 Å². The number of nitrogens with one attached hydrogen (secondary N) is 1. The highest BCUT2D eigenvalue weighted by Gasteiger charge is 2.32. The minimum atomic E-state index is -0.408. The lowest BCUT2D eigenvalue weighted by Crippen LogP contribution is -2.33. The predicted molar refractivity (Wildman–Crippen MR) is 94.3 cm³/mol. The lowest BCUT2D eigenvalue weighted by atomic mass is 10.2. The molecule has 2 amide bonds. The molecule has 0 radical (unpaired) electrons. The van der Waals surface area contributed by atoms with Gasteiger partial charge in [0.05, 0.1) is 23.3 Å². The van der Waals surface area contributed by atoms with Crippen LogP contribution in [0.3, 0.4) is 0 Å². The van der Waals surface area contributed by atoms with Crippen LogP contribution in [0, 0.1) is 0 Å². The number of hydrogen-bond acceptors (Lipinski definition) is 6. The average molecular weight is 364 g/mol. The second kappa shape index (κ2) is 7.14. The van der Waals surface area contributed by atoms with Gasteiger partial charge in [-0.05, 0) is 25.1 Å². The Morgan fingerprint density at radius 3 is 3.04 bits per heavy atom. The molecule has 2 aromatic rings. The number of rotatable bonds is 5. The minimum Gasteiger partial charge on any atom is -0.442 e. The van der Waals surface area contributed by atoms with Gasteiger partial charge < -0.3 is 19.5 Å². The van der Waals surface area contributed by atoms with E-state index in [1.807, 2.05) is 36.7 Å². The number of amides is 2. The normalized spacial score (nSPS) is 17.9. The number of carbonyl (C=O) groups is 2. The summed E-state index contributed by atoms with van der Waals surface area (Å²) < 4.78 is 8.25. The van der Waals surface area contributed by atoms with Crippen LogP contribution >= 0.6 is 11.3 Å². The van der Waals surface area contributed by atoms with Crippen molar-refractivity contribution in [2.75, 3.05) is 24.6 Å². The van der Waals surface area contributed by atoms with Crippen molar-refractivity contribution in [2.24, 2.45) is 12.2 Å². The monoisotopic (exact) mass is 364 g/mol. The van der Waals surface area contributed by atoms with Crippen molar-refractivity contribution in [3.63, 3.8) is 0 Å². The fraction of sp³-hybridized carbons (Fsp3) is 0.438. The van der Waals surface area contributed by atoms with Crippen LogP contribution in [-0.2, 0) is 21.4 Å². The van der Waals surface area contributed by atoms with Gasteiger partial charge in [0, 0.05) is 19.7 Å². The highest BCUT2D eigenvalue weighted by Crippen LogP contribution is 2.27. The lowest BCUT2D eigenvalue weighted by Gasteiger charge is -2.13. The molecule has 9 heteroatoms. The van der Waals surface area contributed by atoms with Gasteiger partial charge in [-0.2, -0.15) is 0 Å². The van der Waals surface area contributed by atoms with Gasteiger partial charge in [-0.1, -0.05) is 16.5 Å². The molecule has 0 saturated carbocycles. The Morgan fingerprint density at radius 2 is 2.32 bits per heavy atom. The first-order valence-corrected chi connectivity index (χ1v) is 8.79. The van der Waals surface area contributed by atoms with Crippen LogP contribution in [0.1, 0.15) is 13.8 Å². The summed E-state index contributed by atoms with van der Waals surface area (Å²) in [5, 5.41) is 6.76. The third-order valence-corrected chi connectivity index (χ3v) is 4.91. The van der Waals surface area contributed by atoms with Crippen LogP contribution in [0.5, 0.6) is 0 Å². The summed E-state index contributed by atoms with van der Waals surface area (Å²) in [5.74, 6) is -0.146. The van der Waals surface area contributed by atoms with Crippen LogP contribution in [-0.4, -0.2) is 42.4 Å². The van der Waals surface area contributed by atoms with Crippen molar-refractivity contribution in [1.29, 1.82) is 0 Å². The van der Waals surface area contributed by atoms with Gasteiger partial charge in [0.15, 0.2) is 0 Å². The first kappa shape index (κ1) is 17.3. The van der Waals surface area contributed by atoms with Crippen molar-refractivity contribution in [1.82, 2.24) is 9.88 Å². The van der Waals surface area contributed by atoms with E-state index in [1.54, 1.807) is 4.90 Å². The number of hydrogen-bond donors (Lipinski definition) is 1. The van der Waals surface area contributed by atoms with E-state index < -0.39 is 6.09 Å². The largest absolute Gasteiger partial charge is 0.442 e. The fourth-order valence-corrected chi connectivity index (χ4v) is 3.61. The maximum atomic E-state index is 12.1. The highest BCUT2D eigenvalue weighted by atomic mass is 32.1. The predicted octanol–water partition coefficient (Wildman–Crippen LogP) is 1.55. The number of fused-ring (bicyclic) bond motifs is 1. The molecular weight excluding hydrogens is 344 g/mol. The number of ether oxygens (including phenoxy) is 1. The summed E-state index contributed by atoms with van der Waals surface area (Å²) >= 11 is 1.49. The molecule has 1 atom stereocenters. The molecule has 25 heavy (non-hydrogen) atoms. The molecule has 0 spiro atoms. The fourth-order valence-electron chi connectivity index (χ4n) is 2.60. The minimum absolute atomic E-state index is 0.146. The van der Waals surface area contributed by atoms with Gasteiger partial charge in [-0.3, -0.25) is 9.69 Å². The number of aromatic nitrogens is 1. The van der Waals surface area contributed by atoms with E-state index >= 15 is 0 Å². The zero-order chi connectivity index (χ0) is 18.0. The molecule has 0 bridgehead atoms. The van der Waals surface area contributed by atoms with E-state index in [9.17, 15) is 9.59 Å². The molecule has 134 valence electrons. The van der Waals surface area contributed by atoms with Gasteiger partial charge in [-0.15, -0.1) is 0 Å². The van der Waals surface area contributed by atoms with E-state index in [-0.39, 0.29) is 12.0 Å². The molecule has 3 rings (SSSR count). The van der Waals surface area contributed by atoms with Crippen LogP contribution < -0.4 is 15.0 Å². The molecule has 1 aromatic heterocycles. The third kappa shape index (κ3) is 3.60. The summed E-state index contributed by atoms with van der Waals surface area (Å²) in [6.45, 7) is 4.54. The van der Waals surface area contributed by atoms with Gasteiger partial charge in [0.25, 0.3) is 0 Å². The summed E-state index contributed by atoms with van der Waals surface area (Å²) in [7, 11) is 1.92. The smallest absolute Gasteiger partial charge is 0.414 e. The van der Waals surface area contributed by atoms with Crippen molar-refractivity contribution in [3.05, 3.63) is 23.0 Å². The zero-order valence-corrected chi connectivity index (χ0v) is 15.1. The molecule has 1 aliphatic heterocycles. The third-order valence-electron chi connectivity index (χ3n) is 3.83. The second-order valence-electron chi connectivity index (χ2n) is 5.66. The molecular formula is C16H20N4O4S. The Balaban J connectivity index is 1.84. The molecule has 2 heterocycles. The second-order valence-corrected chi connectivity index (χ2v) is 6.67. The number of carbonyl (C=O) groups excluding carboxylic acids is 2. The van der Waals surface area contributed by atoms with E-state index in [2.05, 4.69) is 10.5 Å². The Hall–Kier alpha value is -2.55. The van der Waals surface area contributed by atoms with Crippen LogP contribution in [0.15, 0.2) is 23.4 Å². The summed E-state index contributed by atoms with van der Waals surface area (Å²) in [6, 6.07) is 5.76. The van der Waals surface area contributed by atoms with E-state index in [4.69, 9.17) is 9.57 Å². The van der Waals surface area contributed by atoms with E-state index in [0.29, 0.717) is 19.7 Å².